The summed E-state index contributed by atoms with van der Waals surface area (Å²) >= 11 is 0. The number of carboxylic acid groups (broad SMARTS) is 1. The molecule has 1 aliphatic rings. The third-order valence-corrected chi connectivity index (χ3v) is 3.58. The predicted molar refractivity (Wildman–Crippen MR) is 77.1 cm³/mol. The van der Waals surface area contributed by atoms with Gasteiger partial charge < -0.3 is 25.2 Å². The number of fused-ring (bicyclic) bond motifs is 1. The summed E-state index contributed by atoms with van der Waals surface area (Å²) < 4.78 is 1.45. The first-order chi connectivity index (χ1) is 10.0. The first-order valence-electron chi connectivity index (χ1n) is 6.68. The number of nitrogens with zero attached hydrogens (tertiary/aromatic N) is 6. The summed E-state index contributed by atoms with van der Waals surface area (Å²) in [6.45, 7) is 3.33. The molecule has 0 unspecified atom stereocenters. The van der Waals surface area contributed by atoms with Gasteiger partial charge in [0, 0.05) is 26.2 Å². The van der Waals surface area contributed by atoms with E-state index in [1.165, 1.54) is 10.9 Å². The van der Waals surface area contributed by atoms with Gasteiger partial charge in [0.05, 0.1) is 6.33 Å². The molecular formula is C12H17N7O2. The maximum absolute atomic E-state index is 10.8. The van der Waals surface area contributed by atoms with Crippen LogP contribution in [0.2, 0.25) is 0 Å². The average molecular weight is 291 g/mol. The molecule has 112 valence electrons. The fourth-order valence-corrected chi connectivity index (χ4v) is 2.41. The summed E-state index contributed by atoms with van der Waals surface area (Å²) in [4.78, 5) is 28.0. The van der Waals surface area contributed by atoms with E-state index in [1.54, 1.807) is 0 Å². The quantitative estimate of drug-likeness (QED) is 0.759. The number of nitrogen functional groups attached to an aromatic ring is 1. The van der Waals surface area contributed by atoms with Gasteiger partial charge in [0.15, 0.2) is 11.5 Å². The fourth-order valence-electron chi connectivity index (χ4n) is 2.41. The van der Waals surface area contributed by atoms with Crippen LogP contribution in [0.1, 0.15) is 0 Å². The molecule has 0 radical (unpaired) electrons. The van der Waals surface area contributed by atoms with Crippen LogP contribution in [0.4, 0.5) is 11.8 Å². The van der Waals surface area contributed by atoms with E-state index in [1.807, 2.05) is 0 Å². The number of carbonyl (C=O) groups is 1. The maximum Gasteiger partial charge on any atom is 0.323 e. The Morgan fingerprint density at radius 1 is 1.33 bits per heavy atom. The number of hydrogen-bond donors (Lipinski definition) is 2. The molecule has 1 aliphatic heterocycles. The molecule has 1 fully saturated rings. The molecule has 2 aromatic rings. The Morgan fingerprint density at radius 2 is 2.05 bits per heavy atom. The van der Waals surface area contributed by atoms with Gasteiger partial charge >= 0.3 is 5.97 Å². The number of aromatic nitrogens is 4. The molecule has 3 heterocycles. The zero-order valence-electron chi connectivity index (χ0n) is 11.7. The van der Waals surface area contributed by atoms with Crippen molar-refractivity contribution in [3.63, 3.8) is 0 Å². The van der Waals surface area contributed by atoms with Crippen LogP contribution in [0, 0.1) is 0 Å². The Morgan fingerprint density at radius 3 is 2.71 bits per heavy atom. The summed E-state index contributed by atoms with van der Waals surface area (Å²) in [7, 11) is 2.07. The summed E-state index contributed by atoms with van der Waals surface area (Å²) in [6.07, 6.45) is 1.43. The molecule has 0 bridgehead atoms. The number of carboxylic acids is 1. The van der Waals surface area contributed by atoms with Gasteiger partial charge in [-0.3, -0.25) is 4.79 Å². The van der Waals surface area contributed by atoms with Gasteiger partial charge in [0.2, 0.25) is 5.95 Å². The Hall–Kier alpha value is -2.42. The van der Waals surface area contributed by atoms with Crippen LogP contribution in [0.15, 0.2) is 6.33 Å². The van der Waals surface area contributed by atoms with Crippen LogP contribution in [-0.4, -0.2) is 68.7 Å². The van der Waals surface area contributed by atoms with Crippen molar-refractivity contribution in [2.75, 3.05) is 43.9 Å². The second-order valence-electron chi connectivity index (χ2n) is 5.14. The SMILES string of the molecule is CN1CCN(c2nc(N)c3c(ncn3CC(=O)O)n2)CC1. The summed E-state index contributed by atoms with van der Waals surface area (Å²) in [5.74, 6) is -0.154. The lowest BCUT2D eigenvalue weighted by molar-refractivity contribution is -0.137. The highest BCUT2D eigenvalue weighted by molar-refractivity contribution is 5.84. The van der Waals surface area contributed by atoms with Crippen LogP contribution in [-0.2, 0) is 11.3 Å². The highest BCUT2D eigenvalue weighted by Crippen LogP contribution is 2.21. The van der Waals surface area contributed by atoms with Crippen molar-refractivity contribution < 1.29 is 9.90 Å². The molecule has 0 amide bonds. The van der Waals surface area contributed by atoms with E-state index < -0.39 is 5.97 Å². The standard InChI is InChI=1S/C12H17N7O2/c1-17-2-4-18(5-3-17)12-15-10(13)9-11(16-12)14-7-19(9)6-8(20)21/h7H,2-6H2,1H3,(H,20,21)(H2,13,15,16). The third kappa shape index (κ3) is 2.59. The molecule has 3 N–H and O–H groups in total. The normalized spacial score (nSPS) is 16.5. The Labute approximate surface area is 121 Å². The zero-order chi connectivity index (χ0) is 15.0. The first-order valence-corrected chi connectivity index (χ1v) is 6.68. The largest absolute Gasteiger partial charge is 0.480 e. The van der Waals surface area contributed by atoms with Gasteiger partial charge in [-0.15, -0.1) is 0 Å². The van der Waals surface area contributed by atoms with Gasteiger partial charge in [0.1, 0.15) is 12.1 Å². The van der Waals surface area contributed by atoms with E-state index in [4.69, 9.17) is 10.8 Å². The predicted octanol–water partition coefficient (Wildman–Crippen LogP) is -0.755. The van der Waals surface area contributed by atoms with Crippen molar-refractivity contribution in [2.24, 2.45) is 0 Å². The topological polar surface area (TPSA) is 113 Å². The number of likely N-dealkylation sites (N-methyl/N-ethyl adjacent to an activating group) is 1. The minimum atomic E-state index is -0.961. The van der Waals surface area contributed by atoms with Gasteiger partial charge in [-0.05, 0) is 7.05 Å². The summed E-state index contributed by atoms with van der Waals surface area (Å²) in [5, 5.41) is 8.88. The number of nitrogens with two attached hydrogens (primary N) is 1. The molecule has 2 aromatic heterocycles. The summed E-state index contributed by atoms with van der Waals surface area (Å²) in [5.41, 5.74) is 6.87. The summed E-state index contributed by atoms with van der Waals surface area (Å²) in [6, 6.07) is 0. The Kier molecular flexibility index (Phi) is 3.34. The first kappa shape index (κ1) is 13.6. The third-order valence-electron chi connectivity index (χ3n) is 3.58. The van der Waals surface area contributed by atoms with Gasteiger partial charge in [-0.2, -0.15) is 9.97 Å². The van der Waals surface area contributed by atoms with Crippen molar-refractivity contribution in [1.29, 1.82) is 0 Å². The van der Waals surface area contributed by atoms with Gasteiger partial charge in [-0.1, -0.05) is 0 Å². The molecule has 21 heavy (non-hydrogen) atoms. The van der Waals surface area contributed by atoms with Crippen molar-refractivity contribution in [3.8, 4) is 0 Å². The van der Waals surface area contributed by atoms with Crippen LogP contribution >= 0.6 is 0 Å². The number of imidazole rings is 1. The minimum Gasteiger partial charge on any atom is -0.480 e. The molecule has 9 heteroatoms. The van der Waals surface area contributed by atoms with E-state index in [-0.39, 0.29) is 12.4 Å². The van der Waals surface area contributed by atoms with E-state index in [0.717, 1.165) is 26.2 Å². The van der Waals surface area contributed by atoms with E-state index in [2.05, 4.69) is 31.8 Å². The molecule has 0 atom stereocenters. The maximum atomic E-state index is 10.8. The van der Waals surface area contributed by atoms with Crippen molar-refractivity contribution in [2.45, 2.75) is 6.54 Å². The monoisotopic (exact) mass is 291 g/mol. The highest BCUT2D eigenvalue weighted by Gasteiger charge is 2.19. The molecule has 3 rings (SSSR count). The van der Waals surface area contributed by atoms with Crippen molar-refractivity contribution in [1.82, 2.24) is 24.4 Å². The lowest BCUT2D eigenvalue weighted by Gasteiger charge is -2.32. The second kappa shape index (κ2) is 5.17. The molecule has 0 spiro atoms. The number of piperazine rings is 1. The number of hydrogen-bond acceptors (Lipinski definition) is 7. The highest BCUT2D eigenvalue weighted by atomic mass is 16.4. The lowest BCUT2D eigenvalue weighted by atomic mass is 10.3. The smallest absolute Gasteiger partial charge is 0.323 e. The molecule has 9 nitrogen and oxygen atoms in total. The Bertz CT molecular complexity index is 676. The number of anilines is 2. The number of rotatable bonds is 3. The zero-order valence-corrected chi connectivity index (χ0v) is 11.7. The molecule has 1 saturated heterocycles. The van der Waals surface area contributed by atoms with Crippen LogP contribution in [0.25, 0.3) is 11.2 Å². The average Bonchev–Trinajstić information content (AvgIpc) is 2.82. The van der Waals surface area contributed by atoms with Gasteiger partial charge in [0.25, 0.3) is 0 Å². The molecule has 0 aromatic carbocycles. The number of aliphatic carboxylic acids is 1. The minimum absolute atomic E-state index is 0.210. The van der Waals surface area contributed by atoms with E-state index in [9.17, 15) is 4.79 Å². The van der Waals surface area contributed by atoms with E-state index in [0.29, 0.717) is 17.1 Å². The molecule has 0 saturated carbocycles. The van der Waals surface area contributed by atoms with Crippen LogP contribution < -0.4 is 10.6 Å². The molecule has 0 aliphatic carbocycles. The van der Waals surface area contributed by atoms with Crippen LogP contribution in [0.3, 0.4) is 0 Å². The Balaban J connectivity index is 1.95. The second-order valence-corrected chi connectivity index (χ2v) is 5.14. The molecular weight excluding hydrogens is 274 g/mol. The van der Waals surface area contributed by atoms with E-state index >= 15 is 0 Å². The van der Waals surface area contributed by atoms with Crippen molar-refractivity contribution >= 4 is 28.9 Å². The van der Waals surface area contributed by atoms with Crippen molar-refractivity contribution in [3.05, 3.63) is 6.33 Å². The van der Waals surface area contributed by atoms with Gasteiger partial charge in [-0.25, -0.2) is 4.98 Å². The van der Waals surface area contributed by atoms with Crippen LogP contribution in [0.5, 0.6) is 0 Å². The fraction of sp³-hybridized carbons (Fsp3) is 0.500. The lowest BCUT2D eigenvalue weighted by Crippen LogP contribution is -2.45.